The SMILES string of the molecule is CCN(C(=O)NS(=O)(=O)c1ccc(C)cc1)c1nc(OC)nc(N2CCOCC2)n1. The van der Waals surface area contributed by atoms with Crippen LogP contribution in [0.3, 0.4) is 0 Å². The van der Waals surface area contributed by atoms with Crippen LogP contribution in [-0.2, 0) is 14.8 Å². The fourth-order valence-corrected chi connectivity index (χ4v) is 3.73. The molecule has 1 aromatic carbocycles. The number of aromatic nitrogens is 3. The number of sulfonamides is 1. The highest BCUT2D eigenvalue weighted by Crippen LogP contribution is 2.19. The number of nitrogens with zero attached hydrogens (tertiary/aromatic N) is 5. The molecule has 2 heterocycles. The van der Waals surface area contributed by atoms with Gasteiger partial charge < -0.3 is 14.4 Å². The van der Waals surface area contributed by atoms with Gasteiger partial charge in [-0.2, -0.15) is 15.0 Å². The number of methoxy groups -OCH3 is 1. The molecule has 0 aliphatic carbocycles. The van der Waals surface area contributed by atoms with E-state index in [-0.39, 0.29) is 23.4 Å². The second-order valence-electron chi connectivity index (χ2n) is 6.49. The number of rotatable bonds is 6. The summed E-state index contributed by atoms with van der Waals surface area (Å²) in [7, 11) is -2.65. The zero-order chi connectivity index (χ0) is 21.7. The first-order valence-corrected chi connectivity index (χ1v) is 10.9. The highest BCUT2D eigenvalue weighted by Gasteiger charge is 2.26. The quantitative estimate of drug-likeness (QED) is 0.704. The van der Waals surface area contributed by atoms with Gasteiger partial charge in [-0.3, -0.25) is 4.90 Å². The first kappa shape index (κ1) is 21.7. The minimum absolute atomic E-state index is 0.0116. The second-order valence-corrected chi connectivity index (χ2v) is 8.17. The number of anilines is 2. The first-order chi connectivity index (χ1) is 14.3. The Hall–Kier alpha value is -2.99. The molecule has 1 aromatic heterocycles. The van der Waals surface area contributed by atoms with Crippen LogP contribution in [0.15, 0.2) is 29.2 Å². The van der Waals surface area contributed by atoms with Crippen molar-refractivity contribution in [2.45, 2.75) is 18.7 Å². The maximum atomic E-state index is 12.8. The molecule has 2 aromatic rings. The third kappa shape index (κ3) is 4.94. The number of carbonyl (C=O) groups excluding carboxylic acids is 1. The molecule has 0 atom stereocenters. The number of ether oxygens (including phenoxy) is 2. The lowest BCUT2D eigenvalue weighted by atomic mass is 10.2. The molecule has 12 heteroatoms. The largest absolute Gasteiger partial charge is 0.467 e. The van der Waals surface area contributed by atoms with Gasteiger partial charge in [0, 0.05) is 19.6 Å². The number of morpholine rings is 1. The van der Waals surface area contributed by atoms with Gasteiger partial charge in [0.25, 0.3) is 10.0 Å². The van der Waals surface area contributed by atoms with Gasteiger partial charge >= 0.3 is 12.0 Å². The molecule has 1 aliphatic heterocycles. The summed E-state index contributed by atoms with van der Waals surface area (Å²) in [6, 6.07) is 5.32. The van der Waals surface area contributed by atoms with Gasteiger partial charge in [-0.05, 0) is 26.0 Å². The molecular weight excluding hydrogens is 412 g/mol. The third-order valence-corrected chi connectivity index (χ3v) is 5.76. The average molecular weight is 436 g/mol. The van der Waals surface area contributed by atoms with Gasteiger partial charge in [0.1, 0.15) is 0 Å². The minimum atomic E-state index is -4.06. The van der Waals surface area contributed by atoms with Crippen molar-refractivity contribution in [1.29, 1.82) is 0 Å². The number of hydrogen-bond acceptors (Lipinski definition) is 9. The fourth-order valence-electron chi connectivity index (χ4n) is 2.77. The molecule has 1 aliphatic rings. The van der Waals surface area contributed by atoms with Crippen LogP contribution in [0.1, 0.15) is 12.5 Å². The van der Waals surface area contributed by atoms with Crippen molar-refractivity contribution in [3.8, 4) is 6.01 Å². The number of urea groups is 1. The van der Waals surface area contributed by atoms with Crippen molar-refractivity contribution in [1.82, 2.24) is 19.7 Å². The van der Waals surface area contributed by atoms with E-state index < -0.39 is 16.1 Å². The molecule has 0 unspecified atom stereocenters. The highest BCUT2D eigenvalue weighted by atomic mass is 32.2. The van der Waals surface area contributed by atoms with Crippen LogP contribution in [-0.4, -0.2) is 69.4 Å². The number of carbonyl (C=O) groups is 1. The molecule has 2 amide bonds. The number of hydrogen-bond donors (Lipinski definition) is 1. The molecule has 11 nitrogen and oxygen atoms in total. The molecule has 0 spiro atoms. The van der Waals surface area contributed by atoms with Gasteiger partial charge in [0.05, 0.1) is 25.2 Å². The summed E-state index contributed by atoms with van der Waals surface area (Å²) >= 11 is 0. The van der Waals surface area contributed by atoms with Crippen LogP contribution in [0.25, 0.3) is 0 Å². The Morgan fingerprint density at radius 1 is 1.20 bits per heavy atom. The Balaban J connectivity index is 1.86. The average Bonchev–Trinajstić information content (AvgIpc) is 2.74. The summed E-state index contributed by atoms with van der Waals surface area (Å²) in [6.45, 7) is 5.85. The summed E-state index contributed by atoms with van der Waals surface area (Å²) in [4.78, 5) is 28.5. The standard InChI is InChI=1S/C18H24N6O5S/c1-4-24(18(25)22-30(26,27)14-7-5-13(2)6-8-14)16-19-15(20-17(21-16)28-3)23-9-11-29-12-10-23/h5-8H,4,9-12H2,1-3H3,(H,22,25). The molecule has 162 valence electrons. The first-order valence-electron chi connectivity index (χ1n) is 9.38. The predicted octanol–water partition coefficient (Wildman–Crippen LogP) is 0.950. The molecule has 0 saturated carbocycles. The summed E-state index contributed by atoms with van der Waals surface area (Å²) in [6.07, 6.45) is 0. The van der Waals surface area contributed by atoms with Gasteiger partial charge in [-0.1, -0.05) is 17.7 Å². The van der Waals surface area contributed by atoms with Crippen molar-refractivity contribution >= 4 is 28.0 Å². The summed E-state index contributed by atoms with van der Waals surface area (Å²) in [5.74, 6) is 0.315. The minimum Gasteiger partial charge on any atom is -0.467 e. The molecule has 1 fully saturated rings. The van der Waals surface area contributed by atoms with Crippen LogP contribution < -0.4 is 19.3 Å². The second kappa shape index (κ2) is 9.22. The number of aryl methyl sites for hydroxylation is 1. The Morgan fingerprint density at radius 2 is 1.87 bits per heavy atom. The van der Waals surface area contributed by atoms with Crippen molar-refractivity contribution < 1.29 is 22.7 Å². The van der Waals surface area contributed by atoms with Crippen LogP contribution in [0.4, 0.5) is 16.7 Å². The monoisotopic (exact) mass is 436 g/mol. The summed E-state index contributed by atoms with van der Waals surface area (Å²) in [5, 5.41) is 0. The Bertz CT molecular complexity index is 993. The molecule has 1 N–H and O–H groups in total. The van der Waals surface area contributed by atoms with E-state index in [0.717, 1.165) is 10.5 Å². The lowest BCUT2D eigenvalue weighted by molar-refractivity contribution is 0.122. The molecular formula is C18H24N6O5S. The van der Waals surface area contributed by atoms with Crippen LogP contribution >= 0.6 is 0 Å². The van der Waals surface area contributed by atoms with Crippen LogP contribution in [0, 0.1) is 6.92 Å². The Morgan fingerprint density at radius 3 is 2.47 bits per heavy atom. The predicted molar refractivity (Wildman–Crippen MR) is 109 cm³/mol. The van der Waals surface area contributed by atoms with E-state index in [1.807, 2.05) is 11.8 Å². The van der Waals surface area contributed by atoms with Crippen LogP contribution in [0.2, 0.25) is 0 Å². The summed E-state index contributed by atoms with van der Waals surface area (Å²) < 4.78 is 37.7. The van der Waals surface area contributed by atoms with E-state index in [0.29, 0.717) is 32.3 Å². The van der Waals surface area contributed by atoms with Gasteiger partial charge in [-0.15, -0.1) is 0 Å². The number of nitrogens with one attached hydrogen (secondary N) is 1. The molecule has 1 saturated heterocycles. The lowest BCUT2D eigenvalue weighted by Gasteiger charge is -2.27. The van der Waals surface area contributed by atoms with E-state index in [2.05, 4.69) is 19.7 Å². The van der Waals surface area contributed by atoms with E-state index in [1.165, 1.54) is 19.2 Å². The topological polar surface area (TPSA) is 127 Å². The normalized spacial score (nSPS) is 14.3. The zero-order valence-electron chi connectivity index (χ0n) is 17.0. The molecule has 0 bridgehead atoms. The lowest BCUT2D eigenvalue weighted by Crippen LogP contribution is -2.44. The van der Waals surface area contributed by atoms with Crippen molar-refractivity contribution in [2.75, 3.05) is 49.8 Å². The Labute approximate surface area is 175 Å². The Kier molecular flexibility index (Phi) is 6.67. The van der Waals surface area contributed by atoms with E-state index in [1.54, 1.807) is 19.1 Å². The van der Waals surface area contributed by atoms with Gasteiger partial charge in [0.15, 0.2) is 0 Å². The highest BCUT2D eigenvalue weighted by molar-refractivity contribution is 7.90. The maximum Gasteiger partial charge on any atom is 0.338 e. The molecule has 30 heavy (non-hydrogen) atoms. The van der Waals surface area contributed by atoms with Gasteiger partial charge in [-0.25, -0.2) is 17.9 Å². The van der Waals surface area contributed by atoms with Crippen molar-refractivity contribution in [3.63, 3.8) is 0 Å². The van der Waals surface area contributed by atoms with Gasteiger partial charge in [0.2, 0.25) is 11.9 Å². The third-order valence-electron chi connectivity index (χ3n) is 4.42. The molecule has 3 rings (SSSR count). The van der Waals surface area contributed by atoms with E-state index in [4.69, 9.17) is 9.47 Å². The fraction of sp³-hybridized carbons (Fsp3) is 0.444. The van der Waals surface area contributed by atoms with E-state index in [9.17, 15) is 13.2 Å². The summed E-state index contributed by atoms with van der Waals surface area (Å²) in [5.41, 5.74) is 0.906. The number of benzene rings is 1. The van der Waals surface area contributed by atoms with Crippen LogP contribution in [0.5, 0.6) is 6.01 Å². The molecule has 0 radical (unpaired) electrons. The number of amides is 2. The maximum absolute atomic E-state index is 12.8. The van der Waals surface area contributed by atoms with Crippen molar-refractivity contribution in [3.05, 3.63) is 29.8 Å². The smallest absolute Gasteiger partial charge is 0.338 e. The zero-order valence-corrected chi connectivity index (χ0v) is 17.8. The van der Waals surface area contributed by atoms with Crippen molar-refractivity contribution in [2.24, 2.45) is 0 Å². The van der Waals surface area contributed by atoms with E-state index >= 15 is 0 Å².